The zero-order chi connectivity index (χ0) is 10.5. The fourth-order valence-electron chi connectivity index (χ4n) is 0.213. The van der Waals surface area contributed by atoms with Gasteiger partial charge in [-0.3, -0.25) is 0 Å². The Bertz CT molecular complexity index is 142. The van der Waals surface area contributed by atoms with Crippen LogP contribution >= 0.6 is 23.0 Å². The minimum absolute atomic E-state index is 0. The Morgan fingerprint density at radius 2 is 1.86 bits per heavy atom. The van der Waals surface area contributed by atoms with Crippen LogP contribution in [0.2, 0.25) is 0 Å². The molecular weight excluding hydrogens is 541 g/mol. The van der Waals surface area contributed by atoms with E-state index in [1.807, 2.05) is 0 Å². The molecule has 11 nitrogen and oxygen atoms in total. The summed E-state index contributed by atoms with van der Waals surface area (Å²) in [5, 5.41) is -0.641. The second kappa shape index (κ2) is 8.85. The van der Waals surface area contributed by atoms with Gasteiger partial charge in [-0.1, -0.05) is 0 Å². The monoisotopic (exact) mass is 552 g/mol. The maximum absolute atomic E-state index is 5.27. The van der Waals surface area contributed by atoms with Crippen molar-refractivity contribution in [1.29, 1.82) is 0 Å². The van der Waals surface area contributed by atoms with Crippen LogP contribution in [-0.2, 0) is 11.3 Å². The third kappa shape index (κ3) is 10.3. The van der Waals surface area contributed by atoms with Crippen molar-refractivity contribution in [2.75, 3.05) is 0 Å². The molecule has 0 aromatic carbocycles. The normalized spacial score (nSPS) is 14.2. The van der Waals surface area contributed by atoms with Crippen LogP contribution in [-0.4, -0.2) is 10.3 Å². The molecule has 14 heteroatoms. The zero-order valence-corrected chi connectivity index (χ0v) is 13.1. The molecular formula is H11I3N8O3. The number of nitrogens with one attached hydrogen (secondary N) is 1. The Morgan fingerprint density at radius 3 is 2.21 bits per heavy atom. The van der Waals surface area contributed by atoms with E-state index < -0.39 is 26.9 Å². The molecule has 0 aliphatic rings. The van der Waals surface area contributed by atoms with Gasteiger partial charge in [0.2, 0.25) is 0 Å². The molecule has 0 spiro atoms. The molecule has 0 amide bonds. The molecule has 1 unspecified atom stereocenters. The first kappa shape index (κ1) is 18.1. The van der Waals surface area contributed by atoms with Gasteiger partial charge in [-0.2, -0.15) is 0 Å². The van der Waals surface area contributed by atoms with Gasteiger partial charge in [-0.05, 0) is 0 Å². The van der Waals surface area contributed by atoms with E-state index >= 15 is 0 Å². The summed E-state index contributed by atoms with van der Waals surface area (Å²) in [4.78, 5) is 4.52. The minimum atomic E-state index is -1.20. The maximum atomic E-state index is 5.27. The molecule has 0 rings (SSSR count). The quantitative estimate of drug-likeness (QED) is 0.0618. The molecule has 0 aromatic heterocycles. The first-order chi connectivity index (χ1) is 5.87. The van der Waals surface area contributed by atoms with Crippen molar-refractivity contribution < 1.29 is 65.6 Å². The molecule has 0 bridgehead atoms. The molecule has 0 aliphatic heterocycles. The van der Waals surface area contributed by atoms with Crippen molar-refractivity contribution in [1.82, 2.24) is 5.28 Å². The van der Waals surface area contributed by atoms with E-state index in [0.29, 0.717) is 5.28 Å². The van der Waals surface area contributed by atoms with Gasteiger partial charge in [-0.15, -0.1) is 0 Å². The summed E-state index contributed by atoms with van der Waals surface area (Å²) in [5.74, 6) is 25.5. The molecule has 0 aromatic rings. The van der Waals surface area contributed by atoms with Crippen molar-refractivity contribution in [3.63, 3.8) is 0 Å². The Balaban J connectivity index is 0. The number of nitrogens with two attached hydrogens (primary N) is 5. The summed E-state index contributed by atoms with van der Waals surface area (Å²) in [5.41, 5.74) is 0. The average Bonchev–Trinajstić information content (AvgIpc) is 2.00. The standard InChI is InChI=1S/H11I2N8O3.HI/c1-11-10(6,7)12-2-8(3)13-9(4)5;/h8H,3-7H2;1H/q+1;/p-1. The number of halogens is 3. The van der Waals surface area contributed by atoms with Crippen LogP contribution in [0.25, 0.3) is 0 Å². The van der Waals surface area contributed by atoms with Crippen LogP contribution in [0.5, 0.6) is 0 Å². The van der Waals surface area contributed by atoms with Crippen LogP contribution in [0.15, 0.2) is 0 Å². The van der Waals surface area contributed by atoms with E-state index in [1.54, 1.807) is 0 Å². The summed E-state index contributed by atoms with van der Waals surface area (Å²) in [6.07, 6.45) is 0. The van der Waals surface area contributed by atoms with Crippen LogP contribution in [0.1, 0.15) is 0 Å². The van der Waals surface area contributed by atoms with Gasteiger partial charge in [0, 0.05) is 0 Å². The predicted molar refractivity (Wildman–Crippen MR) is 41.3 cm³/mol. The Labute approximate surface area is 122 Å². The number of hydrogen-bond acceptors (Lipinski definition) is 9. The van der Waals surface area contributed by atoms with Crippen LogP contribution in [0, 0.1) is 0 Å². The molecule has 0 heterocycles. The first-order valence-electron chi connectivity index (χ1n) is 2.57. The molecule has 0 fully saturated rings. The molecule has 90 valence electrons. The van der Waals surface area contributed by atoms with Crippen molar-refractivity contribution in [3.8, 4) is 0 Å². The van der Waals surface area contributed by atoms with Gasteiger partial charge in [0.1, 0.15) is 0 Å². The number of hydrogen-bond donors (Lipinski definition) is 6. The van der Waals surface area contributed by atoms with E-state index in [9.17, 15) is 0 Å². The summed E-state index contributed by atoms with van der Waals surface area (Å²) in [6.45, 7) is 0. The van der Waals surface area contributed by atoms with Crippen molar-refractivity contribution in [2.24, 2.45) is 29.2 Å². The van der Waals surface area contributed by atoms with Gasteiger partial charge in [0.05, 0.1) is 0 Å². The van der Waals surface area contributed by atoms with Gasteiger partial charge in [-0.25, -0.2) is 0 Å². The number of rotatable bonds is 6. The number of hydrazine groups is 2. The molecule has 0 radical (unpaired) electrons. The number of quaternary nitrogens is 2. The van der Waals surface area contributed by atoms with Crippen LogP contribution < -0.4 is 78.5 Å². The summed E-state index contributed by atoms with van der Waals surface area (Å²) in [7, 11) is 0. The van der Waals surface area contributed by atoms with E-state index in [4.69, 9.17) is 32.4 Å². The second-order valence-electron chi connectivity index (χ2n) is 1.62. The average molecular weight is 552 g/mol. The van der Waals surface area contributed by atoms with Crippen LogP contribution in [0.3, 0.4) is 0 Å². The Kier molecular flexibility index (Phi) is 11.5. The zero-order valence-electron chi connectivity index (χ0n) is 6.64. The smallest absolute Gasteiger partial charge is 1.00 e. The third-order valence-electron chi connectivity index (χ3n) is 0.519. The van der Waals surface area contributed by atoms with E-state index in [-0.39, 0.29) is 27.4 Å². The van der Waals surface area contributed by atoms with Gasteiger partial charge in [0.25, 0.3) is 0 Å². The minimum Gasteiger partial charge on any atom is -1.00 e. The van der Waals surface area contributed by atoms with E-state index in [1.165, 1.54) is 23.0 Å². The fraction of sp³-hybridized carbons (Fsp3) is 0. The Hall–Kier alpha value is 1.75. The van der Waals surface area contributed by atoms with E-state index in [0.717, 1.165) is 0 Å². The third-order valence-corrected chi connectivity index (χ3v) is 2.58. The molecule has 0 aliphatic carbocycles. The number of nitrogens with zero attached hydrogens (tertiary/aromatic N) is 2. The summed E-state index contributed by atoms with van der Waals surface area (Å²) < 4.78 is 9.23. The largest absolute Gasteiger partial charge is 1.00 e. The predicted octanol–water partition coefficient (Wildman–Crippen LogP) is -10.7. The maximum Gasteiger partial charge on any atom is -1.00 e. The second-order valence-corrected chi connectivity index (χ2v) is 3.91. The molecule has 1 atom stereocenters. The first-order valence-corrected chi connectivity index (χ1v) is 5.41. The molecule has 0 saturated carbocycles. The summed E-state index contributed by atoms with van der Waals surface area (Å²) >= 11 is 0.262. The van der Waals surface area contributed by atoms with Crippen molar-refractivity contribution in [2.45, 2.75) is 0 Å². The van der Waals surface area contributed by atoms with Crippen LogP contribution in [0.4, 0.5) is 0 Å². The summed E-state index contributed by atoms with van der Waals surface area (Å²) in [6, 6.07) is 0. The molecule has 14 heavy (non-hydrogen) atoms. The topological polar surface area (TPSA) is 165 Å². The fourth-order valence-corrected chi connectivity index (χ4v) is 1.49. The van der Waals surface area contributed by atoms with Gasteiger partial charge >= 0.3 is 99.1 Å². The van der Waals surface area contributed by atoms with Crippen molar-refractivity contribution >= 4 is 23.0 Å². The van der Waals surface area contributed by atoms with E-state index in [2.05, 4.69) is 8.11 Å². The van der Waals surface area contributed by atoms with Gasteiger partial charge in [0.15, 0.2) is 0 Å². The Morgan fingerprint density at radius 1 is 1.36 bits per heavy atom. The molecule has 0 saturated heterocycles. The van der Waals surface area contributed by atoms with Crippen molar-refractivity contribution in [3.05, 3.63) is 0 Å². The van der Waals surface area contributed by atoms with Gasteiger partial charge < -0.3 is 24.0 Å². The SMILES string of the molecule is NN(N)O[NH+](N)[I-]O[N+](N)(N)OI.[I-]. The molecule has 11 N–H and O–H groups in total.